The number of aliphatic hydroxyl groups is 1. The molecule has 0 saturated heterocycles. The fraction of sp³-hybridized carbons (Fsp3) is 0.750. The predicted octanol–water partition coefficient (Wildman–Crippen LogP) is 0.204. The summed E-state index contributed by atoms with van der Waals surface area (Å²) in [7, 11) is 0. The van der Waals surface area contributed by atoms with E-state index in [0.717, 1.165) is 6.29 Å². The standard InChI is InChI=1S/C2H6O.C2H4O/c2*1-2-3/h3H,2H2,1H3;2H,1H3. The number of carbonyl (C=O) groups excluding carboxylic acids is 1. The van der Waals surface area contributed by atoms with Gasteiger partial charge in [0.15, 0.2) is 0 Å². The van der Waals surface area contributed by atoms with E-state index in [-0.39, 0.29) is 6.61 Å². The van der Waals surface area contributed by atoms with E-state index in [1.54, 1.807) is 6.92 Å². The molecule has 0 aliphatic carbocycles. The molecule has 1 N–H and O–H groups in total. The summed E-state index contributed by atoms with van der Waals surface area (Å²) in [6.45, 7) is 3.38. The Kier molecular flexibility index (Phi) is 35.1. The molecule has 2 nitrogen and oxygen atoms in total. The molecular weight excluding hydrogens is 80.0 g/mol. The van der Waals surface area contributed by atoms with Gasteiger partial charge in [-0.25, -0.2) is 0 Å². The molecule has 2 heteroatoms. The minimum atomic E-state index is 0.250. The molecule has 0 unspecified atom stereocenters. The van der Waals surface area contributed by atoms with Crippen molar-refractivity contribution < 1.29 is 9.90 Å². The predicted molar refractivity (Wildman–Crippen MR) is 24.5 cm³/mol. The largest absolute Gasteiger partial charge is 0.397 e. The van der Waals surface area contributed by atoms with Crippen LogP contribution in [0.5, 0.6) is 0 Å². The Balaban J connectivity index is 0. The Morgan fingerprint density at radius 2 is 1.83 bits per heavy atom. The number of hydrogen-bond acceptors (Lipinski definition) is 2. The van der Waals surface area contributed by atoms with E-state index in [2.05, 4.69) is 0 Å². The molecule has 0 spiro atoms. The highest BCUT2D eigenvalue weighted by Crippen LogP contribution is 1.30. The molecule has 0 saturated carbocycles. The molecule has 6 heavy (non-hydrogen) atoms. The molecule has 0 fully saturated rings. The molecule has 0 aromatic rings. The molecule has 0 aliphatic heterocycles. The van der Waals surface area contributed by atoms with Crippen molar-refractivity contribution in [2.45, 2.75) is 13.8 Å². The van der Waals surface area contributed by atoms with Crippen molar-refractivity contribution in [1.29, 1.82) is 0 Å². The number of carbonyl (C=O) groups is 1. The van der Waals surface area contributed by atoms with Crippen LogP contribution in [-0.4, -0.2) is 18.0 Å². The third kappa shape index (κ3) is 183. The van der Waals surface area contributed by atoms with E-state index in [1.807, 2.05) is 0 Å². The van der Waals surface area contributed by atoms with E-state index in [1.165, 1.54) is 6.92 Å². The fourth-order valence-corrected chi connectivity index (χ4v) is 0. The zero-order valence-corrected chi connectivity index (χ0v) is 4.14. The second-order valence-electron chi connectivity index (χ2n) is 0.552. The van der Waals surface area contributed by atoms with Crippen LogP contribution in [0.3, 0.4) is 0 Å². The first-order valence-electron chi connectivity index (χ1n) is 1.84. The van der Waals surface area contributed by atoms with Gasteiger partial charge < -0.3 is 9.90 Å². The van der Waals surface area contributed by atoms with E-state index in [0.29, 0.717) is 0 Å². The van der Waals surface area contributed by atoms with Gasteiger partial charge in [-0.05, 0) is 13.8 Å². The maximum atomic E-state index is 8.81. The van der Waals surface area contributed by atoms with Crippen LogP contribution in [-0.2, 0) is 4.79 Å². The van der Waals surface area contributed by atoms with Crippen molar-refractivity contribution in [3.63, 3.8) is 0 Å². The molecule has 38 valence electrons. The van der Waals surface area contributed by atoms with Gasteiger partial charge in [-0.2, -0.15) is 0 Å². The van der Waals surface area contributed by atoms with Gasteiger partial charge in [0.2, 0.25) is 0 Å². The van der Waals surface area contributed by atoms with Gasteiger partial charge in [0.1, 0.15) is 6.29 Å². The minimum absolute atomic E-state index is 0.250. The lowest BCUT2D eigenvalue weighted by molar-refractivity contribution is -0.106. The van der Waals surface area contributed by atoms with Crippen LogP contribution in [0.1, 0.15) is 13.8 Å². The summed E-state index contributed by atoms with van der Waals surface area (Å²) in [5, 5.41) is 7.57. The van der Waals surface area contributed by atoms with Crippen LogP contribution in [0.2, 0.25) is 0 Å². The quantitative estimate of drug-likeness (QED) is 0.431. The highest BCUT2D eigenvalue weighted by Gasteiger charge is 1.34. The Hall–Kier alpha value is -0.370. The van der Waals surface area contributed by atoms with Crippen LogP contribution in [0.15, 0.2) is 0 Å². The SMILES string of the molecule is CC=O.CCO. The molecule has 0 radical (unpaired) electrons. The summed E-state index contributed by atoms with van der Waals surface area (Å²) in [6, 6.07) is 0. The van der Waals surface area contributed by atoms with Crippen LogP contribution >= 0.6 is 0 Å². The fourth-order valence-electron chi connectivity index (χ4n) is 0. The van der Waals surface area contributed by atoms with E-state index in [4.69, 9.17) is 9.90 Å². The third-order valence-corrected chi connectivity index (χ3v) is 0. The summed E-state index contributed by atoms with van der Waals surface area (Å²) in [5.41, 5.74) is 0. The monoisotopic (exact) mass is 90.1 g/mol. The van der Waals surface area contributed by atoms with Gasteiger partial charge in [-0.3, -0.25) is 0 Å². The van der Waals surface area contributed by atoms with Gasteiger partial charge >= 0.3 is 0 Å². The zero-order chi connectivity index (χ0) is 5.41. The molecule has 0 aromatic heterocycles. The van der Waals surface area contributed by atoms with Crippen molar-refractivity contribution in [1.82, 2.24) is 0 Å². The lowest BCUT2D eigenvalue weighted by Crippen LogP contribution is -1.57. The van der Waals surface area contributed by atoms with Gasteiger partial charge in [-0.1, -0.05) is 0 Å². The first kappa shape index (κ1) is 9.16. The van der Waals surface area contributed by atoms with Crippen LogP contribution < -0.4 is 0 Å². The van der Waals surface area contributed by atoms with E-state index >= 15 is 0 Å². The van der Waals surface area contributed by atoms with Crippen LogP contribution in [0, 0.1) is 0 Å². The van der Waals surface area contributed by atoms with Crippen molar-refractivity contribution in [2.24, 2.45) is 0 Å². The maximum absolute atomic E-state index is 8.81. The normalized spacial score (nSPS) is 5.17. The Labute approximate surface area is 37.8 Å². The summed E-state index contributed by atoms with van der Waals surface area (Å²) < 4.78 is 0. The Morgan fingerprint density at radius 1 is 1.83 bits per heavy atom. The Bertz CT molecular complexity index is 19.5. The molecule has 0 heterocycles. The summed E-state index contributed by atoms with van der Waals surface area (Å²) in [5.74, 6) is 0. The molecule has 0 amide bonds. The van der Waals surface area contributed by atoms with E-state index < -0.39 is 0 Å². The van der Waals surface area contributed by atoms with Gasteiger partial charge in [0, 0.05) is 6.61 Å². The molecule has 0 aromatic carbocycles. The molecular formula is C4H10O2. The van der Waals surface area contributed by atoms with Crippen molar-refractivity contribution in [3.05, 3.63) is 0 Å². The number of hydrogen-bond donors (Lipinski definition) is 1. The molecule has 0 bridgehead atoms. The lowest BCUT2D eigenvalue weighted by atomic mass is 10.9. The number of aldehydes is 1. The third-order valence-electron chi connectivity index (χ3n) is 0. The topological polar surface area (TPSA) is 37.3 Å². The highest BCUT2D eigenvalue weighted by atomic mass is 16.2. The van der Waals surface area contributed by atoms with Crippen molar-refractivity contribution in [2.75, 3.05) is 6.61 Å². The second kappa shape index (κ2) is 23.0. The lowest BCUT2D eigenvalue weighted by Gasteiger charge is -1.52. The number of aliphatic hydroxyl groups excluding tert-OH is 1. The number of rotatable bonds is 0. The molecule has 0 atom stereocenters. The summed E-state index contributed by atoms with van der Waals surface area (Å²) in [4.78, 5) is 8.81. The van der Waals surface area contributed by atoms with Gasteiger partial charge in [0.25, 0.3) is 0 Å². The van der Waals surface area contributed by atoms with Crippen LogP contribution in [0.4, 0.5) is 0 Å². The van der Waals surface area contributed by atoms with Gasteiger partial charge in [-0.15, -0.1) is 0 Å². The average molecular weight is 90.1 g/mol. The van der Waals surface area contributed by atoms with Crippen LogP contribution in [0.25, 0.3) is 0 Å². The second-order valence-corrected chi connectivity index (χ2v) is 0.552. The summed E-state index contributed by atoms with van der Waals surface area (Å²) >= 11 is 0. The molecule has 0 aliphatic rings. The maximum Gasteiger partial charge on any atom is 0.116 e. The first-order valence-corrected chi connectivity index (χ1v) is 1.84. The van der Waals surface area contributed by atoms with E-state index in [9.17, 15) is 0 Å². The minimum Gasteiger partial charge on any atom is -0.397 e. The zero-order valence-electron chi connectivity index (χ0n) is 4.14. The van der Waals surface area contributed by atoms with Crippen molar-refractivity contribution >= 4 is 6.29 Å². The van der Waals surface area contributed by atoms with Gasteiger partial charge in [0.05, 0.1) is 0 Å². The molecule has 0 rings (SSSR count). The Morgan fingerprint density at radius 3 is 1.83 bits per heavy atom. The van der Waals surface area contributed by atoms with Crippen molar-refractivity contribution in [3.8, 4) is 0 Å². The highest BCUT2D eigenvalue weighted by molar-refractivity contribution is 5.44. The summed E-state index contributed by atoms with van der Waals surface area (Å²) in [6.07, 6.45) is 0.750. The smallest absolute Gasteiger partial charge is 0.116 e. The average Bonchev–Trinajstić information content (AvgIpc) is 1.39. The first-order chi connectivity index (χ1) is 2.83.